The third-order valence-electron chi connectivity index (χ3n) is 6.25. The Balaban J connectivity index is 1.53. The lowest BCUT2D eigenvalue weighted by atomic mass is 9.73. The van der Waals surface area contributed by atoms with Crippen molar-refractivity contribution >= 4 is 15.9 Å². The molecule has 3 aliphatic rings. The van der Waals surface area contributed by atoms with Crippen LogP contribution in [0.1, 0.15) is 48.0 Å². The van der Waals surface area contributed by atoms with Crippen LogP contribution >= 0.6 is 0 Å². The van der Waals surface area contributed by atoms with Gasteiger partial charge in [0.1, 0.15) is 0 Å². The number of primary sulfonamides is 1. The molecule has 26 heavy (non-hydrogen) atoms. The first-order chi connectivity index (χ1) is 12.3. The number of benzene rings is 1. The van der Waals surface area contributed by atoms with Gasteiger partial charge in [0.15, 0.2) is 0 Å². The molecule has 3 fully saturated rings. The molecule has 6 nitrogen and oxygen atoms in total. The Morgan fingerprint density at radius 3 is 2.38 bits per heavy atom. The molecule has 4 rings (SSSR count). The van der Waals surface area contributed by atoms with Crippen LogP contribution in [0.5, 0.6) is 0 Å². The lowest BCUT2D eigenvalue weighted by Gasteiger charge is -2.47. The lowest BCUT2D eigenvalue weighted by molar-refractivity contribution is 0.0389. The molecular weight excluding hydrogens is 350 g/mol. The lowest BCUT2D eigenvalue weighted by Crippen LogP contribution is -2.58. The van der Waals surface area contributed by atoms with Gasteiger partial charge in [-0.2, -0.15) is 0 Å². The highest BCUT2D eigenvalue weighted by Crippen LogP contribution is 2.39. The van der Waals surface area contributed by atoms with E-state index in [0.29, 0.717) is 17.4 Å². The first-order valence-corrected chi connectivity index (χ1v) is 11.1. The maximum atomic E-state index is 12.9. The van der Waals surface area contributed by atoms with Gasteiger partial charge in [-0.1, -0.05) is 12.5 Å². The summed E-state index contributed by atoms with van der Waals surface area (Å²) in [5.41, 5.74) is 1.16. The number of carbonyl (C=O) groups is 1. The van der Waals surface area contributed by atoms with Crippen molar-refractivity contribution in [3.8, 4) is 0 Å². The molecule has 1 aromatic rings. The molecule has 2 aliphatic carbocycles. The van der Waals surface area contributed by atoms with Crippen LogP contribution < -0.4 is 10.5 Å². The number of amides is 1. The number of likely N-dealkylation sites (tertiary alicyclic amines) is 1. The molecule has 1 aliphatic heterocycles. The number of fused-ring (bicyclic) bond motifs is 2. The number of nitrogens with two attached hydrogens (primary N) is 1. The second kappa shape index (κ2) is 6.62. The highest BCUT2D eigenvalue weighted by molar-refractivity contribution is 7.89. The quantitative estimate of drug-likeness (QED) is 0.834. The Labute approximate surface area is 155 Å². The van der Waals surface area contributed by atoms with E-state index >= 15 is 0 Å². The number of hydrogen-bond acceptors (Lipinski definition) is 4. The second-order valence-electron chi connectivity index (χ2n) is 8.16. The molecule has 0 unspecified atom stereocenters. The van der Waals surface area contributed by atoms with Crippen LogP contribution in [0.2, 0.25) is 0 Å². The summed E-state index contributed by atoms with van der Waals surface area (Å²) in [5.74, 6) is 0.803. The minimum Gasteiger partial charge on any atom is -0.349 e. The number of piperidine rings is 1. The molecule has 0 aromatic heterocycles. The average molecular weight is 378 g/mol. The normalized spacial score (nSPS) is 29.4. The minimum atomic E-state index is -3.82. The standard InChI is InChI=1S/C19H27N3O3S/c1-12-5-8-16(26(20,24)25)9-17(12)19(23)21-18-13-3-2-4-14(18)11-22(10-13)15-6-7-15/h5,8-9,13-15,18H,2-4,6-7,10-11H2,1H3,(H,21,23)(H2,20,24,25)/t13-,14-/m0/s1. The van der Waals surface area contributed by atoms with Crippen LogP contribution in [-0.4, -0.2) is 44.4 Å². The molecule has 2 bridgehead atoms. The van der Waals surface area contributed by atoms with Gasteiger partial charge in [-0.15, -0.1) is 0 Å². The van der Waals surface area contributed by atoms with Gasteiger partial charge in [0.05, 0.1) is 4.90 Å². The monoisotopic (exact) mass is 377 g/mol. The van der Waals surface area contributed by atoms with Crippen LogP contribution in [-0.2, 0) is 10.0 Å². The third-order valence-corrected chi connectivity index (χ3v) is 7.16. The van der Waals surface area contributed by atoms with E-state index in [4.69, 9.17) is 5.14 Å². The summed E-state index contributed by atoms with van der Waals surface area (Å²) in [7, 11) is -3.82. The van der Waals surface area contributed by atoms with Gasteiger partial charge in [0, 0.05) is 30.7 Å². The molecule has 7 heteroatoms. The Morgan fingerprint density at radius 2 is 1.81 bits per heavy atom. The number of nitrogens with zero attached hydrogens (tertiary/aromatic N) is 1. The van der Waals surface area contributed by atoms with Crippen molar-refractivity contribution in [2.24, 2.45) is 17.0 Å². The molecule has 0 spiro atoms. The average Bonchev–Trinajstić information content (AvgIpc) is 3.38. The van der Waals surface area contributed by atoms with Crippen LogP contribution in [0.4, 0.5) is 0 Å². The van der Waals surface area contributed by atoms with Gasteiger partial charge in [-0.05, 0) is 62.1 Å². The van der Waals surface area contributed by atoms with Crippen molar-refractivity contribution < 1.29 is 13.2 Å². The summed E-state index contributed by atoms with van der Waals surface area (Å²) in [4.78, 5) is 15.5. The summed E-state index contributed by atoms with van der Waals surface area (Å²) in [6.45, 7) is 3.96. The molecule has 2 saturated carbocycles. The van der Waals surface area contributed by atoms with Crippen molar-refractivity contribution in [1.82, 2.24) is 10.2 Å². The predicted octanol–water partition coefficient (Wildman–Crippen LogP) is 1.64. The van der Waals surface area contributed by atoms with Crippen LogP contribution in [0.3, 0.4) is 0 Å². The summed E-state index contributed by atoms with van der Waals surface area (Å²) in [6, 6.07) is 5.44. The van der Waals surface area contributed by atoms with E-state index in [-0.39, 0.29) is 16.8 Å². The number of aryl methyl sites for hydroxylation is 1. The van der Waals surface area contributed by atoms with Crippen molar-refractivity contribution in [2.45, 2.75) is 56.0 Å². The van der Waals surface area contributed by atoms with E-state index in [2.05, 4.69) is 10.2 Å². The number of hydrogen-bond donors (Lipinski definition) is 2. The molecule has 3 N–H and O–H groups in total. The zero-order valence-corrected chi connectivity index (χ0v) is 16.0. The van der Waals surface area contributed by atoms with Crippen LogP contribution in [0.15, 0.2) is 23.1 Å². The van der Waals surface area contributed by atoms with Gasteiger partial charge in [-0.25, -0.2) is 13.6 Å². The molecule has 1 amide bonds. The van der Waals surface area contributed by atoms with Gasteiger partial charge in [-0.3, -0.25) is 9.69 Å². The molecule has 1 saturated heterocycles. The number of nitrogens with one attached hydrogen (secondary N) is 1. The fourth-order valence-electron chi connectivity index (χ4n) is 4.70. The van der Waals surface area contributed by atoms with Crippen molar-refractivity contribution in [2.75, 3.05) is 13.1 Å². The topological polar surface area (TPSA) is 92.5 Å². The molecule has 1 aromatic carbocycles. The maximum absolute atomic E-state index is 12.9. The van der Waals surface area contributed by atoms with E-state index in [0.717, 1.165) is 37.5 Å². The van der Waals surface area contributed by atoms with Crippen molar-refractivity contribution in [3.05, 3.63) is 29.3 Å². The Kier molecular flexibility index (Phi) is 4.57. The Bertz CT molecular complexity index is 805. The largest absolute Gasteiger partial charge is 0.349 e. The maximum Gasteiger partial charge on any atom is 0.251 e. The highest BCUT2D eigenvalue weighted by atomic mass is 32.2. The van der Waals surface area contributed by atoms with Crippen molar-refractivity contribution in [1.29, 1.82) is 0 Å². The fraction of sp³-hybridized carbons (Fsp3) is 0.632. The SMILES string of the molecule is Cc1ccc(S(N)(=O)=O)cc1C(=O)NC1[C@H]2CCC[C@H]1CN(C1CC1)C2. The molecule has 1 heterocycles. The number of rotatable bonds is 4. The number of sulfonamides is 1. The summed E-state index contributed by atoms with van der Waals surface area (Å²) in [5, 5.41) is 8.45. The van der Waals surface area contributed by atoms with Gasteiger partial charge in [0.25, 0.3) is 5.91 Å². The summed E-state index contributed by atoms with van der Waals surface area (Å²) >= 11 is 0. The Hall–Kier alpha value is -1.44. The first-order valence-electron chi connectivity index (χ1n) is 9.51. The minimum absolute atomic E-state index is 0.0167. The first kappa shape index (κ1) is 17.9. The molecule has 2 atom stereocenters. The van der Waals surface area contributed by atoms with Gasteiger partial charge < -0.3 is 5.32 Å². The smallest absolute Gasteiger partial charge is 0.251 e. The summed E-state index contributed by atoms with van der Waals surface area (Å²) < 4.78 is 23.2. The summed E-state index contributed by atoms with van der Waals surface area (Å²) in [6.07, 6.45) is 6.17. The van der Waals surface area contributed by atoms with Gasteiger partial charge in [0.2, 0.25) is 10.0 Å². The second-order valence-corrected chi connectivity index (χ2v) is 9.72. The highest BCUT2D eigenvalue weighted by Gasteiger charge is 2.44. The van der Waals surface area contributed by atoms with E-state index in [1.54, 1.807) is 6.07 Å². The fourth-order valence-corrected chi connectivity index (χ4v) is 5.24. The van der Waals surface area contributed by atoms with Gasteiger partial charge >= 0.3 is 0 Å². The van der Waals surface area contributed by atoms with E-state index in [1.807, 2.05) is 6.92 Å². The van der Waals surface area contributed by atoms with E-state index in [9.17, 15) is 13.2 Å². The Morgan fingerprint density at radius 1 is 1.15 bits per heavy atom. The number of carbonyl (C=O) groups excluding carboxylic acids is 1. The molecule has 0 radical (unpaired) electrons. The molecular formula is C19H27N3O3S. The molecule has 142 valence electrons. The van der Waals surface area contributed by atoms with Crippen LogP contribution in [0, 0.1) is 18.8 Å². The third kappa shape index (κ3) is 3.52. The van der Waals surface area contributed by atoms with E-state index < -0.39 is 10.0 Å². The van der Waals surface area contributed by atoms with Crippen LogP contribution in [0.25, 0.3) is 0 Å². The zero-order valence-electron chi connectivity index (χ0n) is 15.1. The predicted molar refractivity (Wildman–Crippen MR) is 99.2 cm³/mol. The zero-order chi connectivity index (χ0) is 18.5. The van der Waals surface area contributed by atoms with E-state index in [1.165, 1.54) is 31.4 Å². The van der Waals surface area contributed by atoms with Crippen molar-refractivity contribution in [3.63, 3.8) is 0 Å².